The minimum atomic E-state index is -0.132. The predicted octanol–water partition coefficient (Wildman–Crippen LogP) is 2.31. The van der Waals surface area contributed by atoms with E-state index in [1.165, 1.54) is 0 Å². The normalized spacial score (nSPS) is 19.0. The Kier molecular flexibility index (Phi) is 4.88. The van der Waals surface area contributed by atoms with Gasteiger partial charge in [-0.2, -0.15) is 0 Å². The smallest absolute Gasteiger partial charge is 0.235 e. The molecule has 1 fully saturated rings. The van der Waals surface area contributed by atoms with E-state index in [4.69, 9.17) is 9.47 Å². The minimum Gasteiger partial charge on any atom is -0.493 e. The van der Waals surface area contributed by atoms with Gasteiger partial charge in [0.25, 0.3) is 0 Å². The summed E-state index contributed by atoms with van der Waals surface area (Å²) in [6.07, 6.45) is 0.798. The summed E-state index contributed by atoms with van der Waals surface area (Å²) >= 11 is 3.51. The molecule has 6 heteroatoms. The number of nitrogens with one attached hydrogen (secondary N) is 1. The maximum Gasteiger partial charge on any atom is 0.235 e. The summed E-state index contributed by atoms with van der Waals surface area (Å²) in [5.74, 6) is 1.39. The van der Waals surface area contributed by atoms with E-state index < -0.39 is 0 Å². The number of amides is 1. The number of benzene rings is 1. The Labute approximate surface area is 127 Å². The van der Waals surface area contributed by atoms with Gasteiger partial charge in [0.1, 0.15) is 6.17 Å². The fraction of sp³-hybridized carbons (Fsp3) is 0.500. The summed E-state index contributed by atoms with van der Waals surface area (Å²) in [4.78, 5) is 13.4. The molecule has 0 aromatic heterocycles. The molecule has 1 heterocycles. The van der Waals surface area contributed by atoms with Crippen LogP contribution in [-0.2, 0) is 4.79 Å². The Morgan fingerprint density at radius 2 is 2.25 bits per heavy atom. The van der Waals surface area contributed by atoms with Gasteiger partial charge in [0.2, 0.25) is 5.91 Å². The molecule has 0 spiro atoms. The van der Waals surface area contributed by atoms with Gasteiger partial charge in [-0.25, -0.2) is 0 Å². The first-order valence-electron chi connectivity index (χ1n) is 6.56. The third-order valence-corrected chi connectivity index (χ3v) is 3.74. The van der Waals surface area contributed by atoms with Crippen molar-refractivity contribution in [1.82, 2.24) is 10.2 Å². The van der Waals surface area contributed by atoms with Crippen LogP contribution in [0.15, 0.2) is 16.6 Å². The number of nitrogens with zero attached hydrogens (tertiary/aromatic N) is 1. The van der Waals surface area contributed by atoms with Gasteiger partial charge < -0.3 is 14.8 Å². The molecule has 110 valence electrons. The maximum atomic E-state index is 11.5. The topological polar surface area (TPSA) is 50.8 Å². The van der Waals surface area contributed by atoms with Crippen molar-refractivity contribution in [3.63, 3.8) is 0 Å². The number of hydrogen-bond acceptors (Lipinski definition) is 4. The second kappa shape index (κ2) is 6.45. The van der Waals surface area contributed by atoms with Crippen LogP contribution in [0.25, 0.3) is 0 Å². The van der Waals surface area contributed by atoms with Crippen molar-refractivity contribution in [2.45, 2.75) is 19.5 Å². The minimum absolute atomic E-state index is 0.0268. The van der Waals surface area contributed by atoms with Gasteiger partial charge in [-0.15, -0.1) is 0 Å². The zero-order valence-corrected chi connectivity index (χ0v) is 13.5. The summed E-state index contributed by atoms with van der Waals surface area (Å²) in [6, 6.07) is 3.86. The number of likely N-dealkylation sites (N-methyl/N-ethyl adjacent to an activating group) is 1. The van der Waals surface area contributed by atoms with Crippen molar-refractivity contribution in [2.75, 3.05) is 27.3 Å². The van der Waals surface area contributed by atoms with Gasteiger partial charge >= 0.3 is 0 Å². The number of rotatable bonds is 5. The molecule has 1 amide bonds. The van der Waals surface area contributed by atoms with Gasteiger partial charge in [0.15, 0.2) is 11.5 Å². The van der Waals surface area contributed by atoms with Gasteiger partial charge in [-0.1, -0.05) is 6.92 Å². The van der Waals surface area contributed by atoms with E-state index in [1.807, 2.05) is 24.1 Å². The first-order valence-corrected chi connectivity index (χ1v) is 7.36. The first-order chi connectivity index (χ1) is 9.56. The van der Waals surface area contributed by atoms with Crippen molar-refractivity contribution in [3.05, 3.63) is 22.2 Å². The zero-order chi connectivity index (χ0) is 14.7. The number of halogens is 1. The molecular weight excluding hydrogens is 324 g/mol. The van der Waals surface area contributed by atoms with E-state index in [1.54, 1.807) is 7.11 Å². The van der Waals surface area contributed by atoms with Crippen LogP contribution in [0.2, 0.25) is 0 Å². The molecule has 1 aromatic rings. The molecule has 0 radical (unpaired) electrons. The number of carbonyl (C=O) groups excluding carboxylic acids is 1. The lowest BCUT2D eigenvalue weighted by Gasteiger charge is -2.21. The quantitative estimate of drug-likeness (QED) is 0.892. The second-order valence-electron chi connectivity index (χ2n) is 4.77. The van der Waals surface area contributed by atoms with E-state index in [0.717, 1.165) is 16.5 Å². The summed E-state index contributed by atoms with van der Waals surface area (Å²) in [5.41, 5.74) is 0.964. The Bertz CT molecular complexity index is 507. The van der Waals surface area contributed by atoms with Crippen molar-refractivity contribution in [2.24, 2.45) is 0 Å². The first kappa shape index (κ1) is 15.1. The van der Waals surface area contributed by atoms with Crippen LogP contribution in [-0.4, -0.2) is 38.1 Å². The monoisotopic (exact) mass is 342 g/mol. The number of methoxy groups -OCH3 is 1. The maximum absolute atomic E-state index is 11.5. The largest absolute Gasteiger partial charge is 0.493 e. The van der Waals surface area contributed by atoms with Crippen molar-refractivity contribution < 1.29 is 14.3 Å². The van der Waals surface area contributed by atoms with Crippen LogP contribution < -0.4 is 14.8 Å². The van der Waals surface area contributed by atoms with Crippen molar-refractivity contribution in [1.29, 1.82) is 0 Å². The van der Waals surface area contributed by atoms with Crippen molar-refractivity contribution in [3.8, 4) is 11.5 Å². The molecule has 1 N–H and O–H groups in total. The molecule has 0 saturated carbocycles. The molecule has 1 saturated heterocycles. The highest BCUT2D eigenvalue weighted by Crippen LogP contribution is 2.39. The van der Waals surface area contributed by atoms with Gasteiger partial charge in [0.05, 0.1) is 24.7 Å². The molecule has 2 rings (SSSR count). The van der Waals surface area contributed by atoms with Crippen LogP contribution in [0, 0.1) is 0 Å². The zero-order valence-electron chi connectivity index (χ0n) is 11.9. The summed E-state index contributed by atoms with van der Waals surface area (Å²) in [7, 11) is 3.52. The molecule has 20 heavy (non-hydrogen) atoms. The molecule has 0 unspecified atom stereocenters. The van der Waals surface area contributed by atoms with E-state index in [-0.39, 0.29) is 12.1 Å². The molecule has 1 aliphatic heterocycles. The van der Waals surface area contributed by atoms with Gasteiger partial charge in [0, 0.05) is 0 Å². The molecule has 1 aromatic carbocycles. The Hall–Kier alpha value is -1.27. The molecule has 1 atom stereocenters. The van der Waals surface area contributed by atoms with Gasteiger partial charge in [-0.05, 0) is 47.1 Å². The summed E-state index contributed by atoms with van der Waals surface area (Å²) < 4.78 is 11.9. The average Bonchev–Trinajstić information content (AvgIpc) is 2.75. The van der Waals surface area contributed by atoms with E-state index in [0.29, 0.717) is 24.7 Å². The third-order valence-electron chi connectivity index (χ3n) is 3.15. The van der Waals surface area contributed by atoms with E-state index >= 15 is 0 Å². The van der Waals surface area contributed by atoms with E-state index in [9.17, 15) is 4.79 Å². The summed E-state index contributed by atoms with van der Waals surface area (Å²) in [6.45, 7) is 3.09. The molecular formula is C14H19BrN2O3. The molecule has 0 aliphatic carbocycles. The average molecular weight is 343 g/mol. The lowest BCUT2D eigenvalue weighted by atomic mass is 10.1. The Morgan fingerprint density at radius 1 is 1.50 bits per heavy atom. The highest BCUT2D eigenvalue weighted by Gasteiger charge is 2.29. The highest BCUT2D eigenvalue weighted by molar-refractivity contribution is 9.10. The number of carbonyl (C=O) groups is 1. The standard InChI is InChI=1S/C14H19BrN2O3/c1-4-5-20-13-10(15)6-9(7-11(13)19-3)14-16-12(18)8-17(14)2/h6-7,14H,4-5,8H2,1-3H3,(H,16,18)/t14-/m1/s1. The second-order valence-corrected chi connectivity index (χ2v) is 5.62. The molecule has 5 nitrogen and oxygen atoms in total. The van der Waals surface area contributed by atoms with Gasteiger partial charge in [-0.3, -0.25) is 9.69 Å². The predicted molar refractivity (Wildman–Crippen MR) is 80.0 cm³/mol. The number of ether oxygens (including phenoxy) is 2. The van der Waals surface area contributed by atoms with Crippen LogP contribution >= 0.6 is 15.9 Å². The summed E-state index contributed by atoms with van der Waals surface area (Å²) in [5, 5.41) is 2.93. The third kappa shape index (κ3) is 3.07. The Balaban J connectivity index is 2.32. The Morgan fingerprint density at radius 3 is 2.80 bits per heavy atom. The van der Waals surface area contributed by atoms with E-state index in [2.05, 4.69) is 28.2 Å². The lowest BCUT2D eigenvalue weighted by Crippen LogP contribution is -2.24. The highest BCUT2D eigenvalue weighted by atomic mass is 79.9. The van der Waals surface area contributed by atoms with Crippen molar-refractivity contribution >= 4 is 21.8 Å². The fourth-order valence-electron chi connectivity index (χ4n) is 2.21. The van der Waals surface area contributed by atoms with Crippen LogP contribution in [0.4, 0.5) is 0 Å². The fourth-order valence-corrected chi connectivity index (χ4v) is 2.78. The lowest BCUT2D eigenvalue weighted by molar-refractivity contribution is -0.118. The van der Waals surface area contributed by atoms with Crippen LogP contribution in [0.5, 0.6) is 11.5 Å². The molecule has 1 aliphatic rings. The van der Waals surface area contributed by atoms with Crippen LogP contribution in [0.3, 0.4) is 0 Å². The SMILES string of the molecule is CCCOc1c(Br)cc([C@@H]2NC(=O)CN2C)cc1OC. The van der Waals surface area contributed by atoms with Crippen LogP contribution in [0.1, 0.15) is 25.1 Å². The number of hydrogen-bond donors (Lipinski definition) is 1. The molecule has 0 bridgehead atoms.